The molecule has 0 saturated carbocycles. The van der Waals surface area contributed by atoms with Crippen LogP contribution in [0.3, 0.4) is 0 Å². The number of fused-ring (bicyclic) bond motifs is 4. The summed E-state index contributed by atoms with van der Waals surface area (Å²) in [5.74, 6) is 0.0723. The van der Waals surface area contributed by atoms with Gasteiger partial charge in [-0.1, -0.05) is 0 Å². The second-order valence-corrected chi connectivity index (χ2v) is 5.52. The molecule has 6 heteroatoms. The summed E-state index contributed by atoms with van der Waals surface area (Å²) in [7, 11) is 0. The number of rotatable bonds is 1. The number of amides is 1. The molecular formula is C11H15BrN4O. The van der Waals surface area contributed by atoms with Crippen LogP contribution >= 0.6 is 15.9 Å². The normalized spacial score (nSPS) is 28.2. The summed E-state index contributed by atoms with van der Waals surface area (Å²) >= 11 is 3.35. The molecule has 4 rings (SSSR count). The van der Waals surface area contributed by atoms with Gasteiger partial charge in [-0.25, -0.2) is 0 Å². The Morgan fingerprint density at radius 1 is 1.35 bits per heavy atom. The number of hydrogen-bond acceptors (Lipinski definition) is 3. The summed E-state index contributed by atoms with van der Waals surface area (Å²) in [6, 6.07) is 0.399. The lowest BCUT2D eigenvalue weighted by atomic mass is 10.1. The zero-order valence-corrected chi connectivity index (χ0v) is 11.1. The summed E-state index contributed by atoms with van der Waals surface area (Å²) in [6.07, 6.45) is 3.82. The van der Waals surface area contributed by atoms with Gasteiger partial charge in [0, 0.05) is 32.2 Å². The average Bonchev–Trinajstić information content (AvgIpc) is 2.58. The number of H-pyrrole nitrogens is 1. The third kappa shape index (κ3) is 1.99. The number of piperidine rings is 1. The molecule has 0 spiro atoms. The van der Waals surface area contributed by atoms with Crippen LogP contribution in [-0.4, -0.2) is 58.1 Å². The van der Waals surface area contributed by atoms with Crippen molar-refractivity contribution >= 4 is 21.8 Å². The van der Waals surface area contributed by atoms with Gasteiger partial charge >= 0.3 is 0 Å². The Labute approximate surface area is 108 Å². The van der Waals surface area contributed by atoms with E-state index in [9.17, 15) is 4.79 Å². The molecular weight excluding hydrogens is 284 g/mol. The number of hydrogen-bond donors (Lipinski definition) is 1. The highest BCUT2D eigenvalue weighted by molar-refractivity contribution is 9.10. The van der Waals surface area contributed by atoms with E-state index in [-0.39, 0.29) is 5.91 Å². The summed E-state index contributed by atoms with van der Waals surface area (Å²) in [5.41, 5.74) is 0.574. The largest absolute Gasteiger partial charge is 0.333 e. The van der Waals surface area contributed by atoms with Crippen LogP contribution < -0.4 is 0 Å². The first kappa shape index (κ1) is 11.2. The Bertz CT molecular complexity index is 425. The summed E-state index contributed by atoms with van der Waals surface area (Å²) in [6.45, 7) is 4.07. The molecule has 0 radical (unpaired) electrons. The minimum absolute atomic E-state index is 0.0723. The number of nitrogens with one attached hydrogen (secondary N) is 1. The Kier molecular flexibility index (Phi) is 2.92. The van der Waals surface area contributed by atoms with Gasteiger partial charge in [-0.05, 0) is 28.8 Å². The molecule has 3 aliphatic heterocycles. The number of carbonyl (C=O) groups is 1. The van der Waals surface area contributed by atoms with Gasteiger partial charge in [-0.15, -0.1) is 0 Å². The van der Waals surface area contributed by atoms with Crippen molar-refractivity contribution < 1.29 is 4.79 Å². The molecule has 0 aromatic carbocycles. The van der Waals surface area contributed by atoms with E-state index in [0.29, 0.717) is 11.7 Å². The van der Waals surface area contributed by atoms with E-state index in [1.807, 2.05) is 4.90 Å². The van der Waals surface area contributed by atoms with Crippen molar-refractivity contribution in [3.05, 3.63) is 16.4 Å². The van der Waals surface area contributed by atoms with Crippen LogP contribution in [0.1, 0.15) is 23.3 Å². The summed E-state index contributed by atoms with van der Waals surface area (Å²) < 4.78 is 0.751. The summed E-state index contributed by atoms with van der Waals surface area (Å²) in [5, 5.41) is 6.67. The van der Waals surface area contributed by atoms with Crippen molar-refractivity contribution in [2.75, 3.05) is 26.2 Å². The van der Waals surface area contributed by atoms with Gasteiger partial charge in [0.2, 0.25) is 0 Å². The number of nitrogens with zero attached hydrogens (tertiary/aromatic N) is 3. The van der Waals surface area contributed by atoms with E-state index >= 15 is 0 Å². The van der Waals surface area contributed by atoms with E-state index in [1.165, 1.54) is 0 Å². The maximum Gasteiger partial charge on any atom is 0.273 e. The summed E-state index contributed by atoms with van der Waals surface area (Å²) in [4.78, 5) is 16.9. The molecule has 0 aliphatic carbocycles. The van der Waals surface area contributed by atoms with Crippen molar-refractivity contribution in [3.8, 4) is 0 Å². The van der Waals surface area contributed by atoms with Crippen LogP contribution in [0.15, 0.2) is 10.7 Å². The molecule has 92 valence electrons. The van der Waals surface area contributed by atoms with Crippen LogP contribution in [0, 0.1) is 0 Å². The SMILES string of the molecule is O=C(c1[nH]ncc1Br)N1CCN2CCC1CC2. The standard InChI is InChI=1S/C11H15BrN4O/c12-9-7-13-14-10(9)11(17)16-6-5-15-3-1-8(16)2-4-15/h7-8H,1-6H2,(H,13,14). The highest BCUT2D eigenvalue weighted by Gasteiger charge is 2.33. The van der Waals surface area contributed by atoms with Crippen LogP contribution in [0.5, 0.6) is 0 Å². The van der Waals surface area contributed by atoms with Gasteiger partial charge in [0.1, 0.15) is 5.69 Å². The number of aromatic amines is 1. The molecule has 3 fully saturated rings. The second kappa shape index (κ2) is 4.42. The molecule has 0 atom stereocenters. The molecule has 17 heavy (non-hydrogen) atoms. The molecule has 1 amide bonds. The minimum atomic E-state index is 0.0723. The molecule has 0 unspecified atom stereocenters. The number of aromatic nitrogens is 2. The predicted octanol–water partition coefficient (Wildman–Crippen LogP) is 1.09. The fourth-order valence-electron chi connectivity index (χ4n) is 2.72. The highest BCUT2D eigenvalue weighted by atomic mass is 79.9. The van der Waals surface area contributed by atoms with Gasteiger partial charge in [-0.3, -0.25) is 9.89 Å². The van der Waals surface area contributed by atoms with Gasteiger partial charge in [0.25, 0.3) is 5.91 Å². The van der Waals surface area contributed by atoms with Crippen LogP contribution in [0.25, 0.3) is 0 Å². The molecule has 1 N–H and O–H groups in total. The topological polar surface area (TPSA) is 52.2 Å². The van der Waals surface area contributed by atoms with Gasteiger partial charge < -0.3 is 9.80 Å². The van der Waals surface area contributed by atoms with Crippen molar-refractivity contribution in [2.24, 2.45) is 0 Å². The van der Waals surface area contributed by atoms with Gasteiger partial charge in [0.05, 0.1) is 10.7 Å². The fraction of sp³-hybridized carbons (Fsp3) is 0.636. The van der Waals surface area contributed by atoms with Crippen molar-refractivity contribution in [2.45, 2.75) is 18.9 Å². The van der Waals surface area contributed by atoms with Crippen molar-refractivity contribution in [3.63, 3.8) is 0 Å². The molecule has 2 bridgehead atoms. The quantitative estimate of drug-likeness (QED) is 0.844. The zero-order chi connectivity index (χ0) is 11.8. The average molecular weight is 299 g/mol. The maximum absolute atomic E-state index is 12.4. The van der Waals surface area contributed by atoms with Gasteiger partial charge in [-0.2, -0.15) is 5.10 Å². The van der Waals surface area contributed by atoms with E-state index in [0.717, 1.165) is 43.5 Å². The molecule has 1 aromatic heterocycles. The van der Waals surface area contributed by atoms with Crippen LogP contribution in [0.2, 0.25) is 0 Å². The smallest absolute Gasteiger partial charge is 0.273 e. The second-order valence-electron chi connectivity index (χ2n) is 4.66. The van der Waals surface area contributed by atoms with E-state index in [1.54, 1.807) is 6.20 Å². The first-order valence-corrected chi connectivity index (χ1v) is 6.77. The van der Waals surface area contributed by atoms with Crippen molar-refractivity contribution in [1.29, 1.82) is 0 Å². The van der Waals surface area contributed by atoms with E-state index in [4.69, 9.17) is 0 Å². The Morgan fingerprint density at radius 2 is 2.12 bits per heavy atom. The van der Waals surface area contributed by atoms with Gasteiger partial charge in [0.15, 0.2) is 0 Å². The molecule has 5 nitrogen and oxygen atoms in total. The Morgan fingerprint density at radius 3 is 2.76 bits per heavy atom. The maximum atomic E-state index is 12.4. The van der Waals surface area contributed by atoms with E-state index < -0.39 is 0 Å². The van der Waals surface area contributed by atoms with Crippen molar-refractivity contribution in [1.82, 2.24) is 20.0 Å². The number of carbonyl (C=O) groups excluding carboxylic acids is 1. The first-order chi connectivity index (χ1) is 8.25. The number of halogens is 1. The predicted molar refractivity (Wildman–Crippen MR) is 66.8 cm³/mol. The monoisotopic (exact) mass is 298 g/mol. The molecule has 4 heterocycles. The lowest BCUT2D eigenvalue weighted by Crippen LogP contribution is -2.41. The minimum Gasteiger partial charge on any atom is -0.333 e. The fourth-order valence-corrected chi connectivity index (χ4v) is 3.08. The molecule has 3 aliphatic rings. The first-order valence-electron chi connectivity index (χ1n) is 5.98. The highest BCUT2D eigenvalue weighted by Crippen LogP contribution is 2.24. The third-order valence-electron chi connectivity index (χ3n) is 3.72. The molecule has 3 saturated heterocycles. The van der Waals surface area contributed by atoms with Crippen LogP contribution in [-0.2, 0) is 0 Å². The van der Waals surface area contributed by atoms with E-state index in [2.05, 4.69) is 31.0 Å². The Balaban J connectivity index is 1.84. The lowest BCUT2D eigenvalue weighted by molar-refractivity contribution is 0.0678. The lowest BCUT2D eigenvalue weighted by Gasteiger charge is -2.31. The van der Waals surface area contributed by atoms with Crippen LogP contribution in [0.4, 0.5) is 0 Å². The third-order valence-corrected chi connectivity index (χ3v) is 4.32. The zero-order valence-electron chi connectivity index (χ0n) is 9.53. The Hall–Kier alpha value is -0.880. The molecule has 1 aromatic rings.